The second-order valence-electron chi connectivity index (χ2n) is 7.96. The first-order valence-corrected chi connectivity index (χ1v) is 12.8. The molecule has 0 bridgehead atoms. The molecule has 162 valence electrons. The zero-order valence-corrected chi connectivity index (χ0v) is 19.5. The topological polar surface area (TPSA) is 66.5 Å². The van der Waals surface area contributed by atoms with Crippen LogP contribution in [0.25, 0.3) is 10.8 Å². The molecule has 0 spiro atoms. The number of amides is 1. The maximum atomic E-state index is 12.8. The molecule has 0 radical (unpaired) electrons. The summed E-state index contributed by atoms with van der Waals surface area (Å²) in [7, 11) is -3.40. The van der Waals surface area contributed by atoms with Crippen molar-refractivity contribution in [1.82, 2.24) is 9.62 Å². The first-order valence-electron chi connectivity index (χ1n) is 10.4. The Balaban J connectivity index is 1.30. The maximum absolute atomic E-state index is 12.8. The van der Waals surface area contributed by atoms with Crippen LogP contribution in [0.5, 0.6) is 0 Å². The lowest BCUT2D eigenvalue weighted by molar-refractivity contribution is -0.126. The zero-order chi connectivity index (χ0) is 21.8. The largest absolute Gasteiger partial charge is 0.352 e. The summed E-state index contributed by atoms with van der Waals surface area (Å²) >= 11 is 3.38. The summed E-state index contributed by atoms with van der Waals surface area (Å²) in [6, 6.07) is 21.7. The van der Waals surface area contributed by atoms with Gasteiger partial charge in [-0.3, -0.25) is 4.79 Å². The fraction of sp³-hybridized carbons (Fsp3) is 0.292. The highest BCUT2D eigenvalue weighted by atomic mass is 79.9. The summed E-state index contributed by atoms with van der Waals surface area (Å²) < 4.78 is 27.9. The van der Waals surface area contributed by atoms with Gasteiger partial charge in [0.25, 0.3) is 0 Å². The SMILES string of the molecule is O=C(NCc1ccc2ccccc2c1)C1CCN(S(=O)(=O)Cc2cccc(Br)c2)CC1. The van der Waals surface area contributed by atoms with Crippen LogP contribution in [0, 0.1) is 5.92 Å². The number of nitrogens with one attached hydrogen (secondary N) is 1. The predicted molar refractivity (Wildman–Crippen MR) is 127 cm³/mol. The summed E-state index contributed by atoms with van der Waals surface area (Å²) in [6.45, 7) is 1.24. The van der Waals surface area contributed by atoms with Crippen LogP contribution < -0.4 is 5.32 Å². The minimum Gasteiger partial charge on any atom is -0.352 e. The van der Waals surface area contributed by atoms with E-state index in [1.165, 1.54) is 9.69 Å². The monoisotopic (exact) mass is 500 g/mol. The molecule has 1 aliphatic heterocycles. The molecule has 4 rings (SSSR count). The number of benzene rings is 3. The van der Waals surface area contributed by atoms with E-state index in [9.17, 15) is 13.2 Å². The van der Waals surface area contributed by atoms with Crippen LogP contribution in [0.3, 0.4) is 0 Å². The van der Waals surface area contributed by atoms with Gasteiger partial charge in [-0.2, -0.15) is 0 Å². The maximum Gasteiger partial charge on any atom is 0.223 e. The summed E-state index contributed by atoms with van der Waals surface area (Å²) in [5, 5.41) is 5.35. The van der Waals surface area contributed by atoms with Crippen LogP contribution in [0.15, 0.2) is 71.2 Å². The molecule has 1 saturated heterocycles. The first kappa shape index (κ1) is 22.0. The van der Waals surface area contributed by atoms with Gasteiger partial charge in [0, 0.05) is 30.0 Å². The van der Waals surface area contributed by atoms with Crippen LogP contribution in [-0.2, 0) is 27.1 Å². The summed E-state index contributed by atoms with van der Waals surface area (Å²) in [6.07, 6.45) is 1.09. The fourth-order valence-corrected chi connectivity index (χ4v) is 6.00. The van der Waals surface area contributed by atoms with Crippen molar-refractivity contribution in [1.29, 1.82) is 0 Å². The van der Waals surface area contributed by atoms with Crippen LogP contribution in [0.1, 0.15) is 24.0 Å². The molecule has 0 unspecified atom stereocenters. The second kappa shape index (κ2) is 9.51. The highest BCUT2D eigenvalue weighted by Gasteiger charge is 2.31. The molecular formula is C24H25BrN2O3S. The molecule has 7 heteroatoms. The predicted octanol–water partition coefficient (Wildman–Crippen LogP) is 4.46. The molecule has 0 atom stereocenters. The quantitative estimate of drug-likeness (QED) is 0.543. The first-order chi connectivity index (χ1) is 14.9. The number of piperidine rings is 1. The fourth-order valence-electron chi connectivity index (χ4n) is 4.01. The summed E-state index contributed by atoms with van der Waals surface area (Å²) in [5.41, 5.74) is 1.81. The lowest BCUT2D eigenvalue weighted by atomic mass is 9.97. The third-order valence-corrected chi connectivity index (χ3v) is 8.08. The summed E-state index contributed by atoms with van der Waals surface area (Å²) in [5.74, 6) is -0.180. The Morgan fingerprint density at radius 3 is 2.42 bits per heavy atom. The molecule has 1 N–H and O–H groups in total. The molecular weight excluding hydrogens is 476 g/mol. The van der Waals surface area contributed by atoms with Crippen molar-refractivity contribution < 1.29 is 13.2 Å². The number of halogens is 1. The number of rotatable bonds is 6. The van der Waals surface area contributed by atoms with Crippen molar-refractivity contribution in [3.8, 4) is 0 Å². The molecule has 0 aliphatic carbocycles. The average molecular weight is 501 g/mol. The summed E-state index contributed by atoms with van der Waals surface area (Å²) in [4.78, 5) is 12.6. The van der Waals surface area contributed by atoms with Gasteiger partial charge in [-0.15, -0.1) is 0 Å². The van der Waals surface area contributed by atoms with Crippen molar-refractivity contribution >= 4 is 42.6 Å². The van der Waals surface area contributed by atoms with Crippen molar-refractivity contribution in [3.63, 3.8) is 0 Å². The van der Waals surface area contributed by atoms with Crippen LogP contribution in [0.2, 0.25) is 0 Å². The Morgan fingerprint density at radius 2 is 1.68 bits per heavy atom. The number of fused-ring (bicyclic) bond motifs is 1. The molecule has 0 aromatic heterocycles. The van der Waals surface area contributed by atoms with Crippen LogP contribution in [0.4, 0.5) is 0 Å². The van der Waals surface area contributed by atoms with E-state index in [0.29, 0.717) is 32.5 Å². The average Bonchev–Trinajstić information content (AvgIpc) is 2.77. The molecule has 5 nitrogen and oxygen atoms in total. The van der Waals surface area contributed by atoms with Gasteiger partial charge in [-0.05, 0) is 52.9 Å². The van der Waals surface area contributed by atoms with E-state index < -0.39 is 10.0 Å². The highest BCUT2D eigenvalue weighted by molar-refractivity contribution is 9.10. The minimum absolute atomic E-state index is 0.00260. The molecule has 3 aromatic carbocycles. The minimum atomic E-state index is -3.40. The lowest BCUT2D eigenvalue weighted by Gasteiger charge is -2.30. The number of nitrogens with zero attached hydrogens (tertiary/aromatic N) is 1. The van der Waals surface area contributed by atoms with Crippen LogP contribution in [-0.4, -0.2) is 31.7 Å². The van der Waals surface area contributed by atoms with E-state index in [0.717, 1.165) is 21.0 Å². The van der Waals surface area contributed by atoms with Crippen molar-refractivity contribution in [3.05, 3.63) is 82.3 Å². The normalized spacial score (nSPS) is 15.8. The molecule has 1 amide bonds. The smallest absolute Gasteiger partial charge is 0.223 e. The molecule has 31 heavy (non-hydrogen) atoms. The van der Waals surface area contributed by atoms with Gasteiger partial charge < -0.3 is 5.32 Å². The lowest BCUT2D eigenvalue weighted by Crippen LogP contribution is -2.43. The second-order valence-corrected chi connectivity index (χ2v) is 10.8. The molecule has 0 saturated carbocycles. The zero-order valence-electron chi connectivity index (χ0n) is 17.1. The van der Waals surface area contributed by atoms with Crippen molar-refractivity contribution in [2.24, 2.45) is 5.92 Å². The van der Waals surface area contributed by atoms with Crippen molar-refractivity contribution in [2.75, 3.05) is 13.1 Å². The molecule has 1 heterocycles. The number of hydrogen-bond acceptors (Lipinski definition) is 3. The third kappa shape index (κ3) is 5.53. The number of carbonyl (C=O) groups excluding carboxylic acids is 1. The van der Waals surface area contributed by atoms with E-state index in [-0.39, 0.29) is 17.6 Å². The Morgan fingerprint density at radius 1 is 0.935 bits per heavy atom. The van der Waals surface area contributed by atoms with E-state index in [4.69, 9.17) is 0 Å². The molecule has 1 aliphatic rings. The van der Waals surface area contributed by atoms with Gasteiger partial charge in [-0.1, -0.05) is 64.5 Å². The third-order valence-electron chi connectivity index (χ3n) is 5.74. The number of sulfonamides is 1. The van der Waals surface area contributed by atoms with Gasteiger partial charge in [-0.25, -0.2) is 12.7 Å². The van der Waals surface area contributed by atoms with E-state index in [1.807, 2.05) is 42.5 Å². The van der Waals surface area contributed by atoms with E-state index in [1.54, 1.807) is 0 Å². The molecule has 1 fully saturated rings. The van der Waals surface area contributed by atoms with Crippen LogP contribution >= 0.6 is 15.9 Å². The van der Waals surface area contributed by atoms with Gasteiger partial charge in [0.15, 0.2) is 0 Å². The number of hydrogen-bond donors (Lipinski definition) is 1. The van der Waals surface area contributed by atoms with E-state index >= 15 is 0 Å². The van der Waals surface area contributed by atoms with Crippen molar-refractivity contribution in [2.45, 2.75) is 25.1 Å². The van der Waals surface area contributed by atoms with Gasteiger partial charge in [0.1, 0.15) is 0 Å². The Kier molecular flexibility index (Phi) is 6.74. The Hall–Kier alpha value is -2.22. The number of carbonyl (C=O) groups is 1. The molecule has 3 aromatic rings. The highest BCUT2D eigenvalue weighted by Crippen LogP contribution is 2.23. The Bertz CT molecular complexity index is 1190. The Labute approximate surface area is 191 Å². The van der Waals surface area contributed by atoms with Gasteiger partial charge >= 0.3 is 0 Å². The van der Waals surface area contributed by atoms with E-state index in [2.05, 4.69) is 45.5 Å². The standard InChI is InChI=1S/C24H25BrN2O3S/c25-23-7-3-4-19(15-23)17-31(29,30)27-12-10-21(11-13-27)24(28)26-16-18-8-9-20-5-1-2-6-22(20)14-18/h1-9,14-15,21H,10-13,16-17H2,(H,26,28). The van der Waals surface area contributed by atoms with Gasteiger partial charge in [0.2, 0.25) is 15.9 Å². The van der Waals surface area contributed by atoms with Gasteiger partial charge in [0.05, 0.1) is 5.75 Å².